The number of nitrogens with zero attached hydrogens (tertiary/aromatic N) is 2. The molecule has 0 bridgehead atoms. The molecule has 0 spiro atoms. The van der Waals surface area contributed by atoms with Crippen LogP contribution in [0.15, 0.2) is 0 Å². The second-order valence-corrected chi connectivity index (χ2v) is 4.19. The monoisotopic (exact) mass is 199 g/mol. The minimum Gasteiger partial charge on any atom is -0.349 e. The van der Waals surface area contributed by atoms with Gasteiger partial charge in [0.05, 0.1) is 0 Å². The molecule has 1 N–H and O–H groups in total. The van der Waals surface area contributed by atoms with E-state index in [1.165, 1.54) is 0 Å². The molecular weight excluding hydrogens is 178 g/mol. The van der Waals surface area contributed by atoms with Crippen LogP contribution in [0.3, 0.4) is 0 Å². The summed E-state index contributed by atoms with van der Waals surface area (Å²) >= 11 is 0. The first-order valence-electron chi connectivity index (χ1n) is 5.25. The Hall–Kier alpha value is -0.610. The quantitative estimate of drug-likeness (QED) is 0.681. The second kappa shape index (κ2) is 5.32. The van der Waals surface area contributed by atoms with E-state index in [2.05, 4.69) is 17.1 Å². The van der Waals surface area contributed by atoms with Crippen LogP contribution in [0.4, 0.5) is 0 Å². The van der Waals surface area contributed by atoms with Gasteiger partial charge in [-0.3, -0.25) is 4.79 Å². The van der Waals surface area contributed by atoms with Crippen molar-refractivity contribution in [3.05, 3.63) is 0 Å². The number of piperazine rings is 1. The number of nitrogens with one attached hydrogen (secondary N) is 1. The number of hydrogen-bond acceptors (Lipinski definition) is 3. The van der Waals surface area contributed by atoms with Gasteiger partial charge in [-0.1, -0.05) is 0 Å². The van der Waals surface area contributed by atoms with Gasteiger partial charge in [0.25, 0.3) is 0 Å². The molecule has 0 aromatic rings. The highest BCUT2D eigenvalue weighted by Crippen LogP contribution is 2.00. The lowest BCUT2D eigenvalue weighted by Gasteiger charge is -2.31. The predicted molar refractivity (Wildman–Crippen MR) is 57.2 cm³/mol. The summed E-state index contributed by atoms with van der Waals surface area (Å²) in [5.74, 6) is 0.219. The van der Waals surface area contributed by atoms with Crippen molar-refractivity contribution in [1.82, 2.24) is 15.1 Å². The lowest BCUT2D eigenvalue weighted by atomic mass is 10.2. The number of carbonyl (C=O) groups excluding carboxylic acids is 1. The standard InChI is InChI=1S/C10H21N3O/c1-9-8-13(7-5-11-9)6-4-10(14)12(2)3/h9,11H,4-8H2,1-3H3/t9-/m0/s1. The summed E-state index contributed by atoms with van der Waals surface area (Å²) in [5, 5.41) is 3.39. The normalized spacial score (nSPS) is 23.5. The second-order valence-electron chi connectivity index (χ2n) is 4.19. The SMILES string of the molecule is C[C@H]1CN(CCC(=O)N(C)C)CCN1. The van der Waals surface area contributed by atoms with Crippen molar-refractivity contribution in [2.24, 2.45) is 0 Å². The lowest BCUT2D eigenvalue weighted by molar-refractivity contribution is -0.129. The highest BCUT2D eigenvalue weighted by Gasteiger charge is 2.16. The first kappa shape index (κ1) is 11.5. The van der Waals surface area contributed by atoms with Crippen molar-refractivity contribution >= 4 is 5.91 Å². The van der Waals surface area contributed by atoms with Crippen LogP contribution in [0, 0.1) is 0 Å². The van der Waals surface area contributed by atoms with Crippen LogP contribution in [0.2, 0.25) is 0 Å². The summed E-state index contributed by atoms with van der Waals surface area (Å²) < 4.78 is 0. The summed E-state index contributed by atoms with van der Waals surface area (Å²) in [6.07, 6.45) is 0.639. The molecule has 4 nitrogen and oxygen atoms in total. The van der Waals surface area contributed by atoms with Gasteiger partial charge in [-0.15, -0.1) is 0 Å². The minimum absolute atomic E-state index is 0.219. The number of rotatable bonds is 3. The highest BCUT2D eigenvalue weighted by molar-refractivity contribution is 5.75. The van der Waals surface area contributed by atoms with Crippen LogP contribution in [0.5, 0.6) is 0 Å². The average Bonchev–Trinajstić information content (AvgIpc) is 2.14. The van der Waals surface area contributed by atoms with Crippen LogP contribution >= 0.6 is 0 Å². The molecular formula is C10H21N3O. The topological polar surface area (TPSA) is 35.6 Å². The summed E-state index contributed by atoms with van der Waals surface area (Å²) in [5.41, 5.74) is 0. The van der Waals surface area contributed by atoms with Crippen LogP contribution < -0.4 is 5.32 Å². The molecule has 1 aliphatic heterocycles. The number of amides is 1. The minimum atomic E-state index is 0.219. The van der Waals surface area contributed by atoms with E-state index in [9.17, 15) is 4.79 Å². The summed E-state index contributed by atoms with van der Waals surface area (Å²) in [6, 6.07) is 0.554. The molecule has 1 rings (SSSR count). The Bertz CT molecular complexity index is 194. The number of hydrogen-bond donors (Lipinski definition) is 1. The summed E-state index contributed by atoms with van der Waals surface area (Å²) in [7, 11) is 3.62. The zero-order chi connectivity index (χ0) is 10.6. The summed E-state index contributed by atoms with van der Waals surface area (Å²) in [4.78, 5) is 15.4. The van der Waals surface area contributed by atoms with E-state index in [1.807, 2.05) is 14.1 Å². The van der Waals surface area contributed by atoms with Crippen molar-refractivity contribution in [3.8, 4) is 0 Å². The third kappa shape index (κ3) is 3.64. The maximum absolute atomic E-state index is 11.4. The fraction of sp³-hybridized carbons (Fsp3) is 0.900. The zero-order valence-electron chi connectivity index (χ0n) is 9.42. The molecule has 1 heterocycles. The predicted octanol–water partition coefficient (Wildman–Crippen LogP) is -0.242. The van der Waals surface area contributed by atoms with Gasteiger partial charge in [0.1, 0.15) is 0 Å². The number of carbonyl (C=O) groups is 1. The molecule has 1 fully saturated rings. The third-order valence-corrected chi connectivity index (χ3v) is 2.59. The highest BCUT2D eigenvalue weighted by atomic mass is 16.2. The Morgan fingerprint density at radius 1 is 1.57 bits per heavy atom. The maximum atomic E-state index is 11.4. The van der Waals surface area contributed by atoms with E-state index in [0.29, 0.717) is 12.5 Å². The molecule has 1 aliphatic rings. The molecule has 82 valence electrons. The van der Waals surface area contributed by atoms with E-state index in [1.54, 1.807) is 4.90 Å². The van der Waals surface area contributed by atoms with Crippen molar-refractivity contribution < 1.29 is 4.79 Å². The van der Waals surface area contributed by atoms with Gasteiger partial charge in [-0.25, -0.2) is 0 Å². The van der Waals surface area contributed by atoms with Gasteiger partial charge < -0.3 is 15.1 Å². The van der Waals surface area contributed by atoms with Gasteiger partial charge in [-0.2, -0.15) is 0 Å². The smallest absolute Gasteiger partial charge is 0.223 e. The van der Waals surface area contributed by atoms with Crippen molar-refractivity contribution in [1.29, 1.82) is 0 Å². The first-order chi connectivity index (χ1) is 6.59. The molecule has 1 amide bonds. The Balaban J connectivity index is 2.20. The van der Waals surface area contributed by atoms with Crippen LogP contribution in [0.25, 0.3) is 0 Å². The van der Waals surface area contributed by atoms with E-state index < -0.39 is 0 Å². The lowest BCUT2D eigenvalue weighted by Crippen LogP contribution is -2.49. The Morgan fingerprint density at radius 3 is 2.86 bits per heavy atom. The van der Waals surface area contributed by atoms with Gasteiger partial charge in [-0.05, 0) is 6.92 Å². The molecule has 14 heavy (non-hydrogen) atoms. The molecule has 4 heteroatoms. The van der Waals surface area contributed by atoms with Crippen molar-refractivity contribution in [3.63, 3.8) is 0 Å². The molecule has 0 saturated carbocycles. The Kier molecular flexibility index (Phi) is 4.35. The van der Waals surface area contributed by atoms with Gasteiger partial charge in [0, 0.05) is 52.7 Å². The van der Waals surface area contributed by atoms with Crippen molar-refractivity contribution in [2.45, 2.75) is 19.4 Å². The fourth-order valence-corrected chi connectivity index (χ4v) is 1.69. The Labute approximate surface area is 86.2 Å². The molecule has 0 aliphatic carbocycles. The van der Waals surface area contributed by atoms with Crippen LogP contribution in [-0.4, -0.2) is 62.0 Å². The van der Waals surface area contributed by atoms with Crippen LogP contribution in [-0.2, 0) is 4.79 Å². The van der Waals surface area contributed by atoms with Gasteiger partial charge in [0.2, 0.25) is 5.91 Å². The molecule has 0 aromatic heterocycles. The van der Waals surface area contributed by atoms with Crippen molar-refractivity contribution in [2.75, 3.05) is 40.3 Å². The largest absolute Gasteiger partial charge is 0.349 e. The summed E-state index contributed by atoms with van der Waals surface area (Å²) in [6.45, 7) is 6.23. The van der Waals surface area contributed by atoms with E-state index in [4.69, 9.17) is 0 Å². The van der Waals surface area contributed by atoms with Crippen LogP contribution in [0.1, 0.15) is 13.3 Å². The fourth-order valence-electron chi connectivity index (χ4n) is 1.69. The van der Waals surface area contributed by atoms with E-state index in [-0.39, 0.29) is 5.91 Å². The van der Waals surface area contributed by atoms with Gasteiger partial charge in [0.15, 0.2) is 0 Å². The third-order valence-electron chi connectivity index (χ3n) is 2.59. The Morgan fingerprint density at radius 2 is 2.29 bits per heavy atom. The first-order valence-corrected chi connectivity index (χ1v) is 5.25. The molecule has 1 atom stereocenters. The molecule has 0 unspecified atom stereocenters. The average molecular weight is 199 g/mol. The van der Waals surface area contributed by atoms with E-state index in [0.717, 1.165) is 26.2 Å². The molecule has 0 aromatic carbocycles. The zero-order valence-corrected chi connectivity index (χ0v) is 9.42. The molecule has 1 saturated heterocycles. The van der Waals surface area contributed by atoms with Gasteiger partial charge >= 0.3 is 0 Å². The molecule has 0 radical (unpaired) electrons. The van der Waals surface area contributed by atoms with E-state index >= 15 is 0 Å². The maximum Gasteiger partial charge on any atom is 0.223 e.